The number of aliphatic imine (C=N–C) groups is 1. The van der Waals surface area contributed by atoms with E-state index in [1.165, 1.54) is 7.11 Å². The van der Waals surface area contributed by atoms with Gasteiger partial charge >= 0.3 is 5.97 Å². The lowest BCUT2D eigenvalue weighted by atomic mass is 10.7. The second-order valence-corrected chi connectivity index (χ2v) is 2.50. The van der Waals surface area contributed by atoms with Crippen LogP contribution in [0.5, 0.6) is 0 Å². The van der Waals surface area contributed by atoms with Gasteiger partial charge in [0.25, 0.3) is 0 Å². The number of hydrogen-bond acceptors (Lipinski definition) is 3. The van der Waals surface area contributed by atoms with Crippen molar-refractivity contribution in [1.29, 1.82) is 0 Å². The van der Waals surface area contributed by atoms with Crippen molar-refractivity contribution in [1.82, 2.24) is 0 Å². The standard InChI is InChI=1S/C6H8ClNO2/c1-10-6(9)5(7)8-4-2-3-4/h4H,2-3H2,1H3. The zero-order valence-electron chi connectivity index (χ0n) is 5.63. The minimum Gasteiger partial charge on any atom is -0.464 e. The van der Waals surface area contributed by atoms with Crippen LogP contribution in [-0.4, -0.2) is 24.3 Å². The van der Waals surface area contributed by atoms with Crippen molar-refractivity contribution in [3.63, 3.8) is 0 Å². The Morgan fingerprint density at radius 2 is 2.30 bits per heavy atom. The molecule has 0 bridgehead atoms. The average molecular weight is 162 g/mol. The summed E-state index contributed by atoms with van der Waals surface area (Å²) < 4.78 is 4.34. The molecular formula is C6H8ClNO2. The second kappa shape index (κ2) is 3.01. The Labute approximate surface area is 64.0 Å². The fourth-order valence-corrected chi connectivity index (χ4v) is 0.716. The van der Waals surface area contributed by atoms with Crippen LogP contribution in [0.2, 0.25) is 0 Å². The molecule has 0 spiro atoms. The van der Waals surface area contributed by atoms with E-state index in [0.29, 0.717) is 0 Å². The highest BCUT2D eigenvalue weighted by Gasteiger charge is 2.22. The van der Waals surface area contributed by atoms with Gasteiger partial charge in [-0.05, 0) is 12.8 Å². The number of methoxy groups -OCH3 is 1. The van der Waals surface area contributed by atoms with Crippen LogP contribution >= 0.6 is 11.6 Å². The van der Waals surface area contributed by atoms with Crippen LogP contribution in [0, 0.1) is 0 Å². The monoisotopic (exact) mass is 161 g/mol. The van der Waals surface area contributed by atoms with E-state index in [-0.39, 0.29) is 11.2 Å². The normalized spacial score (nSPS) is 18.8. The number of hydrogen-bond donors (Lipinski definition) is 0. The third kappa shape index (κ3) is 1.99. The molecule has 4 heteroatoms. The van der Waals surface area contributed by atoms with Gasteiger partial charge in [-0.2, -0.15) is 0 Å². The van der Waals surface area contributed by atoms with Crippen molar-refractivity contribution >= 4 is 22.7 Å². The molecule has 1 saturated carbocycles. The van der Waals surface area contributed by atoms with Crippen LogP contribution in [-0.2, 0) is 9.53 Å². The molecule has 0 amide bonds. The summed E-state index contributed by atoms with van der Waals surface area (Å²) in [6.07, 6.45) is 2.07. The first-order valence-electron chi connectivity index (χ1n) is 3.05. The van der Waals surface area contributed by atoms with Gasteiger partial charge in [-0.3, -0.25) is 4.99 Å². The topological polar surface area (TPSA) is 38.7 Å². The predicted molar refractivity (Wildman–Crippen MR) is 38.3 cm³/mol. The maximum absolute atomic E-state index is 10.6. The summed E-state index contributed by atoms with van der Waals surface area (Å²) in [5.41, 5.74) is 0. The van der Waals surface area contributed by atoms with Gasteiger partial charge in [-0.15, -0.1) is 0 Å². The van der Waals surface area contributed by atoms with Gasteiger partial charge < -0.3 is 4.74 Å². The maximum atomic E-state index is 10.6. The second-order valence-electron chi connectivity index (χ2n) is 2.14. The molecule has 0 aromatic carbocycles. The zero-order chi connectivity index (χ0) is 7.56. The minimum absolute atomic E-state index is 0.0370. The van der Waals surface area contributed by atoms with Gasteiger partial charge in [-0.25, -0.2) is 4.79 Å². The van der Waals surface area contributed by atoms with E-state index in [9.17, 15) is 4.79 Å². The molecule has 0 N–H and O–H groups in total. The maximum Gasteiger partial charge on any atom is 0.368 e. The average Bonchev–Trinajstić information content (AvgIpc) is 2.70. The lowest BCUT2D eigenvalue weighted by Crippen LogP contribution is -2.09. The van der Waals surface area contributed by atoms with Crippen molar-refractivity contribution in [2.45, 2.75) is 18.9 Å². The third-order valence-electron chi connectivity index (χ3n) is 1.20. The summed E-state index contributed by atoms with van der Waals surface area (Å²) in [6.45, 7) is 0. The highest BCUT2D eigenvalue weighted by molar-refractivity contribution is 6.82. The van der Waals surface area contributed by atoms with Crippen molar-refractivity contribution in [2.75, 3.05) is 7.11 Å². The summed E-state index contributed by atoms with van der Waals surface area (Å²) in [4.78, 5) is 14.5. The van der Waals surface area contributed by atoms with Gasteiger partial charge in [0.2, 0.25) is 5.17 Å². The predicted octanol–water partition coefficient (Wildman–Crippen LogP) is 0.959. The van der Waals surface area contributed by atoms with Gasteiger partial charge in [0.1, 0.15) is 0 Å². The molecule has 56 valence electrons. The molecule has 0 unspecified atom stereocenters. The Balaban J connectivity index is 2.44. The molecule has 1 rings (SSSR count). The van der Waals surface area contributed by atoms with E-state index in [0.717, 1.165) is 12.8 Å². The highest BCUT2D eigenvalue weighted by Crippen LogP contribution is 2.24. The quantitative estimate of drug-likeness (QED) is 0.447. The molecule has 1 aliphatic rings. The minimum atomic E-state index is -0.548. The van der Waals surface area contributed by atoms with E-state index in [2.05, 4.69) is 9.73 Å². The smallest absolute Gasteiger partial charge is 0.368 e. The molecule has 1 aliphatic carbocycles. The molecule has 1 fully saturated rings. The van der Waals surface area contributed by atoms with E-state index in [1.807, 2.05) is 0 Å². The van der Waals surface area contributed by atoms with Gasteiger partial charge in [0.05, 0.1) is 13.2 Å². The molecule has 3 nitrogen and oxygen atoms in total. The fourth-order valence-electron chi connectivity index (χ4n) is 0.501. The van der Waals surface area contributed by atoms with Crippen molar-refractivity contribution in [3.05, 3.63) is 0 Å². The number of carbonyl (C=O) groups is 1. The molecule has 0 saturated heterocycles. The Morgan fingerprint density at radius 3 is 2.70 bits per heavy atom. The van der Waals surface area contributed by atoms with E-state index < -0.39 is 5.97 Å². The van der Waals surface area contributed by atoms with Crippen LogP contribution in [0.15, 0.2) is 4.99 Å². The van der Waals surface area contributed by atoms with Crippen molar-refractivity contribution in [2.24, 2.45) is 4.99 Å². The van der Waals surface area contributed by atoms with Crippen molar-refractivity contribution in [3.8, 4) is 0 Å². The van der Waals surface area contributed by atoms with Crippen LogP contribution < -0.4 is 0 Å². The number of rotatable bonds is 2. The molecule has 0 aromatic heterocycles. The first-order chi connectivity index (χ1) is 4.74. The van der Waals surface area contributed by atoms with E-state index in [1.54, 1.807) is 0 Å². The van der Waals surface area contributed by atoms with Gasteiger partial charge in [0.15, 0.2) is 0 Å². The van der Waals surface area contributed by atoms with Gasteiger partial charge in [-0.1, -0.05) is 11.6 Å². The summed E-state index contributed by atoms with van der Waals surface area (Å²) in [5.74, 6) is -0.548. The molecule has 0 aromatic rings. The number of ether oxygens (including phenoxy) is 1. The molecule has 0 aliphatic heterocycles. The Hall–Kier alpha value is -0.570. The number of nitrogens with zero attached hydrogens (tertiary/aromatic N) is 1. The number of esters is 1. The Kier molecular flexibility index (Phi) is 2.27. The zero-order valence-corrected chi connectivity index (χ0v) is 6.39. The largest absolute Gasteiger partial charge is 0.464 e. The SMILES string of the molecule is COC(=O)C(Cl)=NC1CC1. The van der Waals surface area contributed by atoms with Crippen LogP contribution in [0.3, 0.4) is 0 Å². The summed E-state index contributed by atoms with van der Waals surface area (Å²) in [7, 11) is 1.28. The number of carbonyl (C=O) groups excluding carboxylic acids is 1. The Bertz CT molecular complexity index is 175. The summed E-state index contributed by atoms with van der Waals surface area (Å²) in [6, 6.07) is 0.270. The molecule has 0 radical (unpaired) electrons. The van der Waals surface area contributed by atoms with Crippen LogP contribution in [0.1, 0.15) is 12.8 Å². The van der Waals surface area contributed by atoms with Gasteiger partial charge in [0, 0.05) is 0 Å². The summed E-state index contributed by atoms with van der Waals surface area (Å²) in [5, 5.41) is -0.0370. The molecular weight excluding hydrogens is 154 g/mol. The molecule has 0 atom stereocenters. The van der Waals surface area contributed by atoms with Crippen LogP contribution in [0.4, 0.5) is 0 Å². The number of halogens is 1. The highest BCUT2D eigenvalue weighted by atomic mass is 35.5. The lowest BCUT2D eigenvalue weighted by molar-refractivity contribution is -0.132. The first-order valence-corrected chi connectivity index (χ1v) is 3.43. The first kappa shape index (κ1) is 7.54. The van der Waals surface area contributed by atoms with E-state index >= 15 is 0 Å². The summed E-state index contributed by atoms with van der Waals surface area (Å²) >= 11 is 5.44. The molecule has 10 heavy (non-hydrogen) atoms. The lowest BCUT2D eigenvalue weighted by Gasteiger charge is -1.93. The Morgan fingerprint density at radius 1 is 1.70 bits per heavy atom. The molecule has 0 heterocycles. The van der Waals surface area contributed by atoms with Crippen LogP contribution in [0.25, 0.3) is 0 Å². The van der Waals surface area contributed by atoms with Crippen molar-refractivity contribution < 1.29 is 9.53 Å². The third-order valence-corrected chi connectivity index (χ3v) is 1.45. The fraction of sp³-hybridized carbons (Fsp3) is 0.667. The van der Waals surface area contributed by atoms with E-state index in [4.69, 9.17) is 11.6 Å².